The topological polar surface area (TPSA) is 40.1 Å². The molecule has 160 valence electrons. The Labute approximate surface area is 188 Å². The lowest BCUT2D eigenvalue weighted by molar-refractivity contribution is 0.0793. The van der Waals surface area contributed by atoms with Crippen molar-refractivity contribution >= 4 is 41.7 Å². The molecule has 5 nitrogen and oxygen atoms in total. The molecule has 2 rings (SSSR count). The third-order valence-electron chi connectivity index (χ3n) is 5.70. The molecule has 0 aromatic carbocycles. The van der Waals surface area contributed by atoms with Gasteiger partial charge in [-0.3, -0.25) is 4.99 Å². The second kappa shape index (κ2) is 13.5. The van der Waals surface area contributed by atoms with E-state index in [0.29, 0.717) is 0 Å². The molecule has 0 aliphatic carbocycles. The number of rotatable bonds is 9. The number of hydrogen-bond acceptors (Lipinski definition) is 4. The molecule has 0 radical (unpaired) electrons. The maximum absolute atomic E-state index is 5.60. The zero-order chi connectivity index (χ0) is 18.8. The van der Waals surface area contributed by atoms with Crippen molar-refractivity contribution in [3.05, 3.63) is 0 Å². The van der Waals surface area contributed by atoms with Gasteiger partial charge >= 0.3 is 0 Å². The smallest absolute Gasteiger partial charge is 0.193 e. The number of nitrogens with zero attached hydrogens (tertiary/aromatic N) is 3. The Morgan fingerprint density at radius 2 is 1.93 bits per heavy atom. The van der Waals surface area contributed by atoms with Gasteiger partial charge in [0.25, 0.3) is 0 Å². The van der Waals surface area contributed by atoms with Gasteiger partial charge in [-0.25, -0.2) is 0 Å². The molecule has 0 saturated carbocycles. The molecular formula is C20H41IN4OS. The summed E-state index contributed by atoms with van der Waals surface area (Å²) in [5.74, 6) is 3.04. The molecular weight excluding hydrogens is 471 g/mol. The van der Waals surface area contributed by atoms with E-state index in [9.17, 15) is 0 Å². The fraction of sp³-hybridized carbons (Fsp3) is 0.950. The van der Waals surface area contributed by atoms with Crippen molar-refractivity contribution < 1.29 is 4.74 Å². The number of guanidine groups is 1. The van der Waals surface area contributed by atoms with Gasteiger partial charge in [-0.2, -0.15) is 11.8 Å². The number of hydrogen-bond donors (Lipinski definition) is 1. The first-order chi connectivity index (χ1) is 12.7. The highest BCUT2D eigenvalue weighted by Crippen LogP contribution is 2.35. The van der Waals surface area contributed by atoms with Crippen LogP contribution in [0.15, 0.2) is 4.99 Å². The Bertz CT molecular complexity index is 423. The van der Waals surface area contributed by atoms with Crippen LogP contribution in [0.1, 0.15) is 47.0 Å². The quantitative estimate of drug-likeness (QED) is 0.291. The van der Waals surface area contributed by atoms with Gasteiger partial charge in [0.05, 0.1) is 6.54 Å². The molecule has 27 heavy (non-hydrogen) atoms. The van der Waals surface area contributed by atoms with Crippen LogP contribution in [0.4, 0.5) is 0 Å². The van der Waals surface area contributed by atoms with Gasteiger partial charge in [-0.05, 0) is 50.9 Å². The van der Waals surface area contributed by atoms with Crippen molar-refractivity contribution in [1.82, 2.24) is 15.1 Å². The van der Waals surface area contributed by atoms with Crippen LogP contribution in [0, 0.1) is 5.92 Å². The molecule has 2 fully saturated rings. The number of aliphatic imine (C=N–C) groups is 1. The first-order valence-corrected chi connectivity index (χ1v) is 11.6. The van der Waals surface area contributed by atoms with Crippen LogP contribution in [0.2, 0.25) is 0 Å². The highest BCUT2D eigenvalue weighted by molar-refractivity contribution is 14.0. The zero-order valence-corrected chi connectivity index (χ0v) is 21.0. The summed E-state index contributed by atoms with van der Waals surface area (Å²) < 4.78 is 5.88. The Morgan fingerprint density at radius 1 is 1.22 bits per heavy atom. The third-order valence-corrected chi connectivity index (χ3v) is 7.14. The van der Waals surface area contributed by atoms with Crippen molar-refractivity contribution in [2.24, 2.45) is 10.9 Å². The highest BCUT2D eigenvalue weighted by Gasteiger charge is 2.33. The molecule has 2 heterocycles. The van der Waals surface area contributed by atoms with E-state index in [0.717, 1.165) is 83.0 Å². The van der Waals surface area contributed by atoms with E-state index in [1.54, 1.807) is 0 Å². The predicted molar refractivity (Wildman–Crippen MR) is 130 cm³/mol. The van der Waals surface area contributed by atoms with Crippen LogP contribution in [-0.4, -0.2) is 85.3 Å². The van der Waals surface area contributed by atoms with Gasteiger partial charge < -0.3 is 19.9 Å². The molecule has 2 aliphatic rings. The van der Waals surface area contributed by atoms with E-state index in [-0.39, 0.29) is 28.7 Å². The summed E-state index contributed by atoms with van der Waals surface area (Å²) >= 11 is 2.08. The first kappa shape index (κ1) is 25.3. The molecule has 0 aromatic heterocycles. The number of thioether (sulfide) groups is 1. The summed E-state index contributed by atoms with van der Waals surface area (Å²) in [5, 5.41) is 3.55. The Morgan fingerprint density at radius 3 is 2.52 bits per heavy atom. The fourth-order valence-corrected chi connectivity index (χ4v) is 5.29. The molecule has 0 bridgehead atoms. The van der Waals surface area contributed by atoms with E-state index in [4.69, 9.17) is 9.73 Å². The van der Waals surface area contributed by atoms with E-state index in [1.165, 1.54) is 13.0 Å². The number of ether oxygens (including phenoxy) is 1. The first-order valence-electron chi connectivity index (χ1n) is 10.6. The molecule has 1 N–H and O–H groups in total. The molecule has 2 saturated heterocycles. The van der Waals surface area contributed by atoms with Gasteiger partial charge in [0.15, 0.2) is 5.96 Å². The molecule has 0 amide bonds. The maximum atomic E-state index is 5.60. The lowest BCUT2D eigenvalue weighted by Gasteiger charge is -2.35. The third kappa shape index (κ3) is 7.90. The van der Waals surface area contributed by atoms with Crippen LogP contribution in [0.25, 0.3) is 0 Å². The van der Waals surface area contributed by atoms with Gasteiger partial charge in [-0.15, -0.1) is 24.0 Å². The normalized spacial score (nSPS) is 22.8. The minimum Gasteiger partial charge on any atom is -0.381 e. The van der Waals surface area contributed by atoms with Crippen LogP contribution in [0.5, 0.6) is 0 Å². The summed E-state index contributed by atoms with van der Waals surface area (Å²) in [6, 6.07) is 0. The zero-order valence-electron chi connectivity index (χ0n) is 17.8. The second-order valence-electron chi connectivity index (χ2n) is 7.49. The monoisotopic (exact) mass is 512 g/mol. The molecule has 1 atom stereocenters. The SMILES string of the molecule is CCNC(=NCC1(SCC)CCOCC1)N1CCC(CN(CC)CC)C1.I. The maximum Gasteiger partial charge on any atom is 0.193 e. The van der Waals surface area contributed by atoms with Crippen LogP contribution < -0.4 is 5.32 Å². The lowest BCUT2D eigenvalue weighted by Crippen LogP contribution is -2.43. The Hall–Kier alpha value is 0.270. The summed E-state index contributed by atoms with van der Waals surface area (Å²) in [6.45, 7) is 18.4. The van der Waals surface area contributed by atoms with Gasteiger partial charge in [0, 0.05) is 44.1 Å². The second-order valence-corrected chi connectivity index (χ2v) is 9.22. The lowest BCUT2D eigenvalue weighted by atomic mass is 9.99. The summed E-state index contributed by atoms with van der Waals surface area (Å²) in [6.07, 6.45) is 3.53. The minimum atomic E-state index is 0. The Kier molecular flexibility index (Phi) is 12.6. The average Bonchev–Trinajstić information content (AvgIpc) is 3.12. The Balaban J connectivity index is 0.00000364. The number of likely N-dealkylation sites (tertiary alicyclic amines) is 1. The molecule has 0 spiro atoms. The van der Waals surface area contributed by atoms with Crippen LogP contribution in [0.3, 0.4) is 0 Å². The number of halogens is 1. The van der Waals surface area contributed by atoms with E-state index in [1.807, 2.05) is 0 Å². The van der Waals surface area contributed by atoms with Crippen LogP contribution in [-0.2, 0) is 4.74 Å². The fourth-order valence-electron chi connectivity index (χ4n) is 4.06. The minimum absolute atomic E-state index is 0. The van der Waals surface area contributed by atoms with Crippen molar-refractivity contribution in [3.8, 4) is 0 Å². The highest BCUT2D eigenvalue weighted by atomic mass is 127. The van der Waals surface area contributed by atoms with E-state index < -0.39 is 0 Å². The van der Waals surface area contributed by atoms with Crippen molar-refractivity contribution in [3.63, 3.8) is 0 Å². The molecule has 2 aliphatic heterocycles. The summed E-state index contributed by atoms with van der Waals surface area (Å²) in [4.78, 5) is 10.1. The average molecular weight is 513 g/mol. The molecule has 1 unspecified atom stereocenters. The van der Waals surface area contributed by atoms with Crippen molar-refractivity contribution in [2.45, 2.75) is 51.7 Å². The van der Waals surface area contributed by atoms with E-state index in [2.05, 4.69) is 54.6 Å². The van der Waals surface area contributed by atoms with Gasteiger partial charge in [0.1, 0.15) is 0 Å². The van der Waals surface area contributed by atoms with Crippen LogP contribution >= 0.6 is 35.7 Å². The predicted octanol–water partition coefficient (Wildman–Crippen LogP) is 3.54. The standard InChI is InChI=1S/C20H40N4OS.HI/c1-5-21-19(22-17-20(26-8-4)10-13-25-14-11-20)24-12-9-18(16-24)15-23(6-2)7-3;/h18H,5-17H2,1-4H3,(H,21,22);1H. The molecule has 7 heteroatoms. The molecule has 0 aromatic rings. The van der Waals surface area contributed by atoms with Gasteiger partial charge in [0.2, 0.25) is 0 Å². The van der Waals surface area contributed by atoms with Gasteiger partial charge in [-0.1, -0.05) is 20.8 Å². The van der Waals surface area contributed by atoms with Crippen molar-refractivity contribution in [1.29, 1.82) is 0 Å². The summed E-state index contributed by atoms with van der Waals surface area (Å²) in [7, 11) is 0. The number of nitrogens with one attached hydrogen (secondary N) is 1. The summed E-state index contributed by atoms with van der Waals surface area (Å²) in [5.41, 5.74) is 0. The van der Waals surface area contributed by atoms with Crippen molar-refractivity contribution in [2.75, 3.05) is 64.8 Å². The largest absolute Gasteiger partial charge is 0.381 e. The van der Waals surface area contributed by atoms with E-state index >= 15 is 0 Å².